The fourth-order valence-corrected chi connectivity index (χ4v) is 3.52. The van der Waals surface area contributed by atoms with Gasteiger partial charge in [-0.2, -0.15) is 0 Å². The van der Waals surface area contributed by atoms with Crippen LogP contribution in [0.15, 0.2) is 41.3 Å². The van der Waals surface area contributed by atoms with Gasteiger partial charge in [-0.3, -0.25) is 14.8 Å². The molecule has 0 saturated heterocycles. The van der Waals surface area contributed by atoms with E-state index in [0.29, 0.717) is 5.56 Å². The lowest BCUT2D eigenvalue weighted by Gasteiger charge is -2.14. The minimum atomic E-state index is -3.81. The first-order valence-corrected chi connectivity index (χ1v) is 9.69. The number of halogens is 1. The summed E-state index contributed by atoms with van der Waals surface area (Å²) in [4.78, 5) is 23.7. The average molecular weight is 382 g/mol. The molecule has 140 valence electrons. The van der Waals surface area contributed by atoms with E-state index in [0.717, 1.165) is 28.6 Å². The van der Waals surface area contributed by atoms with Crippen molar-refractivity contribution in [2.45, 2.75) is 25.1 Å². The molecule has 0 spiro atoms. The van der Waals surface area contributed by atoms with Crippen LogP contribution in [0.1, 0.15) is 12.0 Å². The lowest BCUT2D eigenvalue weighted by molar-refractivity contribution is -0.128. The number of hydrogen-bond donors (Lipinski definition) is 2. The van der Waals surface area contributed by atoms with E-state index < -0.39 is 32.4 Å². The Balaban J connectivity index is 2.29. The number of aromatic nitrogens is 1. The van der Waals surface area contributed by atoms with Crippen molar-refractivity contribution < 1.29 is 22.8 Å². The summed E-state index contributed by atoms with van der Waals surface area (Å²) in [5, 5.41) is 7.11. The standard InChI is InChI=1S/C17H19FN2O5S/c1-11-3-5-12(6-4-11)13-9-16(21)20(10-14(13)18)8-7-15(17(22)19-23)26(2,24)25/h3-6,9-10,15,23H,7-8H2,1-2H3,(H,19,22)/t15-/m1/s1. The molecule has 0 saturated carbocycles. The van der Waals surface area contributed by atoms with E-state index in [4.69, 9.17) is 5.21 Å². The highest BCUT2D eigenvalue weighted by Gasteiger charge is 2.28. The first-order valence-electron chi connectivity index (χ1n) is 7.73. The Morgan fingerprint density at radius 1 is 1.31 bits per heavy atom. The highest BCUT2D eigenvalue weighted by molar-refractivity contribution is 7.92. The second kappa shape index (κ2) is 7.79. The van der Waals surface area contributed by atoms with Crippen LogP contribution >= 0.6 is 0 Å². The first-order chi connectivity index (χ1) is 12.1. The third-order valence-corrected chi connectivity index (χ3v) is 5.48. The molecular weight excluding hydrogens is 363 g/mol. The van der Waals surface area contributed by atoms with Crippen molar-refractivity contribution in [3.8, 4) is 11.1 Å². The van der Waals surface area contributed by atoms with Crippen LogP contribution in [0.2, 0.25) is 0 Å². The highest BCUT2D eigenvalue weighted by Crippen LogP contribution is 2.21. The van der Waals surface area contributed by atoms with Crippen molar-refractivity contribution in [3.05, 3.63) is 58.3 Å². The van der Waals surface area contributed by atoms with Crippen LogP contribution in [0.25, 0.3) is 11.1 Å². The number of sulfone groups is 1. The Hall–Kier alpha value is -2.52. The van der Waals surface area contributed by atoms with Gasteiger partial charge in [0.2, 0.25) is 0 Å². The Bertz CT molecular complexity index is 968. The summed E-state index contributed by atoms with van der Waals surface area (Å²) >= 11 is 0. The van der Waals surface area contributed by atoms with Crippen LogP contribution in [-0.4, -0.2) is 35.6 Å². The number of carbonyl (C=O) groups is 1. The summed E-state index contributed by atoms with van der Waals surface area (Å²) in [5.74, 6) is -1.74. The monoisotopic (exact) mass is 382 g/mol. The highest BCUT2D eigenvalue weighted by atomic mass is 32.2. The smallest absolute Gasteiger partial charge is 0.261 e. The quantitative estimate of drug-likeness (QED) is 0.578. The molecule has 0 aliphatic rings. The maximum absolute atomic E-state index is 14.4. The molecule has 9 heteroatoms. The normalized spacial score (nSPS) is 12.6. The van der Waals surface area contributed by atoms with Gasteiger partial charge in [-0.05, 0) is 18.9 Å². The lowest BCUT2D eigenvalue weighted by Crippen LogP contribution is -2.39. The molecule has 1 atom stereocenters. The minimum absolute atomic E-state index is 0.138. The lowest BCUT2D eigenvalue weighted by atomic mass is 10.0. The van der Waals surface area contributed by atoms with Crippen LogP contribution in [-0.2, 0) is 21.2 Å². The van der Waals surface area contributed by atoms with E-state index in [-0.39, 0.29) is 18.5 Å². The molecule has 0 aliphatic heterocycles. The molecule has 26 heavy (non-hydrogen) atoms. The van der Waals surface area contributed by atoms with Gasteiger partial charge in [-0.15, -0.1) is 0 Å². The molecule has 0 aliphatic carbocycles. The van der Waals surface area contributed by atoms with Crippen LogP contribution in [0.5, 0.6) is 0 Å². The Labute approximate surface area is 150 Å². The van der Waals surface area contributed by atoms with E-state index >= 15 is 0 Å². The van der Waals surface area contributed by atoms with Crippen LogP contribution in [0.3, 0.4) is 0 Å². The van der Waals surface area contributed by atoms with Crippen molar-refractivity contribution in [1.29, 1.82) is 0 Å². The van der Waals surface area contributed by atoms with Gasteiger partial charge >= 0.3 is 0 Å². The summed E-state index contributed by atoms with van der Waals surface area (Å²) in [6.07, 6.45) is 1.54. The van der Waals surface area contributed by atoms with Crippen molar-refractivity contribution >= 4 is 15.7 Å². The van der Waals surface area contributed by atoms with Crippen LogP contribution in [0.4, 0.5) is 4.39 Å². The summed E-state index contributed by atoms with van der Waals surface area (Å²) in [6.45, 7) is 1.69. The Morgan fingerprint density at radius 3 is 2.46 bits per heavy atom. The molecule has 0 bridgehead atoms. The Kier molecular flexibility index (Phi) is 5.94. The van der Waals surface area contributed by atoms with Crippen molar-refractivity contribution in [2.24, 2.45) is 0 Å². The topological polar surface area (TPSA) is 105 Å². The average Bonchev–Trinajstić information content (AvgIpc) is 2.57. The van der Waals surface area contributed by atoms with Gasteiger partial charge in [0.1, 0.15) is 11.1 Å². The van der Waals surface area contributed by atoms with Crippen molar-refractivity contribution in [2.75, 3.05) is 6.26 Å². The molecule has 0 unspecified atom stereocenters. The van der Waals surface area contributed by atoms with Gasteiger partial charge in [-0.1, -0.05) is 29.8 Å². The number of nitrogens with zero attached hydrogens (tertiary/aromatic N) is 1. The number of hydroxylamine groups is 1. The van der Waals surface area contributed by atoms with Crippen LogP contribution < -0.4 is 11.0 Å². The summed E-state index contributed by atoms with van der Waals surface area (Å²) in [7, 11) is -3.81. The van der Waals surface area contributed by atoms with E-state index in [1.54, 1.807) is 24.3 Å². The van der Waals surface area contributed by atoms with Gasteiger partial charge in [0.15, 0.2) is 9.84 Å². The van der Waals surface area contributed by atoms with E-state index in [9.17, 15) is 22.4 Å². The number of rotatable bonds is 6. The number of aryl methyl sites for hydroxylation is 2. The molecule has 2 N–H and O–H groups in total. The number of hydrogen-bond acceptors (Lipinski definition) is 5. The number of amides is 1. The van der Waals surface area contributed by atoms with Gasteiger partial charge < -0.3 is 4.57 Å². The maximum Gasteiger partial charge on any atom is 0.261 e. The second-order valence-corrected chi connectivity index (χ2v) is 8.24. The fraction of sp³-hybridized carbons (Fsp3) is 0.294. The number of benzene rings is 1. The zero-order valence-corrected chi connectivity index (χ0v) is 15.1. The molecule has 1 aromatic carbocycles. The van der Waals surface area contributed by atoms with Crippen molar-refractivity contribution in [3.63, 3.8) is 0 Å². The molecular formula is C17H19FN2O5S. The second-order valence-electron chi connectivity index (χ2n) is 6.02. The maximum atomic E-state index is 14.4. The number of pyridine rings is 1. The SMILES string of the molecule is Cc1ccc(-c2cc(=O)n(CC[C@H](C(=O)NO)S(C)(=O)=O)cc2F)cc1. The molecule has 1 amide bonds. The van der Waals surface area contributed by atoms with Gasteiger partial charge in [-0.25, -0.2) is 18.3 Å². The van der Waals surface area contributed by atoms with E-state index in [1.165, 1.54) is 5.48 Å². The third-order valence-electron chi connectivity index (χ3n) is 3.99. The number of carbonyl (C=O) groups excluding carboxylic acids is 1. The van der Waals surface area contributed by atoms with E-state index in [2.05, 4.69) is 0 Å². The fourth-order valence-electron chi connectivity index (χ4n) is 2.54. The minimum Gasteiger partial charge on any atom is -0.312 e. The van der Waals surface area contributed by atoms with Gasteiger partial charge in [0.05, 0.1) is 0 Å². The van der Waals surface area contributed by atoms with Gasteiger partial charge in [0.25, 0.3) is 11.5 Å². The predicted molar refractivity (Wildman–Crippen MR) is 94.0 cm³/mol. The molecule has 0 fully saturated rings. The predicted octanol–water partition coefficient (Wildman–Crippen LogP) is 1.27. The summed E-state index contributed by atoms with van der Waals surface area (Å²) in [5.41, 5.74) is 2.44. The zero-order valence-electron chi connectivity index (χ0n) is 14.3. The van der Waals surface area contributed by atoms with E-state index in [1.807, 2.05) is 6.92 Å². The van der Waals surface area contributed by atoms with Crippen molar-refractivity contribution in [1.82, 2.24) is 10.0 Å². The molecule has 0 radical (unpaired) electrons. The number of nitrogens with one attached hydrogen (secondary N) is 1. The third kappa shape index (κ3) is 4.55. The molecule has 1 aromatic heterocycles. The summed E-state index contributed by atoms with van der Waals surface area (Å²) in [6, 6.07) is 8.11. The molecule has 2 aromatic rings. The zero-order chi connectivity index (χ0) is 19.5. The van der Waals surface area contributed by atoms with Crippen LogP contribution in [0, 0.1) is 12.7 Å². The largest absolute Gasteiger partial charge is 0.312 e. The molecule has 2 rings (SSSR count). The van der Waals surface area contributed by atoms with Gasteiger partial charge in [0, 0.05) is 30.6 Å². The Morgan fingerprint density at radius 2 is 1.92 bits per heavy atom. The first kappa shape index (κ1) is 19.8. The molecule has 1 heterocycles. The summed E-state index contributed by atoms with van der Waals surface area (Å²) < 4.78 is 38.7. The molecule has 7 nitrogen and oxygen atoms in total.